The molecule has 4 aromatic rings. The predicted molar refractivity (Wildman–Crippen MR) is 81.2 cm³/mol. The third-order valence-corrected chi connectivity index (χ3v) is 3.66. The van der Waals surface area contributed by atoms with Crippen molar-refractivity contribution in [3.8, 4) is 11.3 Å². The lowest BCUT2D eigenvalue weighted by Crippen LogP contribution is -1.80. The first-order valence-electron chi connectivity index (χ1n) is 6.58. The molecule has 3 aromatic carbocycles. The SMILES string of the molecule is Fc1ccc2cc(-c3cccc4ccccc34)[nH]c2c1. The molecule has 1 aromatic heterocycles. The van der Waals surface area contributed by atoms with Crippen molar-refractivity contribution in [1.82, 2.24) is 4.98 Å². The van der Waals surface area contributed by atoms with Crippen LogP contribution in [0.3, 0.4) is 0 Å². The average Bonchev–Trinajstić information content (AvgIpc) is 2.89. The normalized spacial score (nSPS) is 11.2. The number of aromatic amines is 1. The van der Waals surface area contributed by atoms with E-state index in [0.29, 0.717) is 0 Å². The number of rotatable bonds is 1. The van der Waals surface area contributed by atoms with E-state index in [0.717, 1.165) is 22.2 Å². The minimum Gasteiger partial charge on any atom is -0.354 e. The summed E-state index contributed by atoms with van der Waals surface area (Å²) in [5, 5.41) is 3.42. The van der Waals surface area contributed by atoms with E-state index >= 15 is 0 Å². The molecule has 4 rings (SSSR count). The van der Waals surface area contributed by atoms with Gasteiger partial charge in [-0.05, 0) is 35.0 Å². The summed E-state index contributed by atoms with van der Waals surface area (Å²) >= 11 is 0. The van der Waals surface area contributed by atoms with E-state index in [1.54, 1.807) is 6.07 Å². The second-order valence-corrected chi connectivity index (χ2v) is 4.94. The maximum atomic E-state index is 13.3. The molecular weight excluding hydrogens is 249 g/mol. The Morgan fingerprint density at radius 3 is 2.55 bits per heavy atom. The Hall–Kier alpha value is -2.61. The number of halogens is 1. The zero-order valence-electron chi connectivity index (χ0n) is 10.7. The number of aromatic nitrogens is 1. The van der Waals surface area contributed by atoms with Crippen molar-refractivity contribution in [2.24, 2.45) is 0 Å². The first kappa shape index (κ1) is 11.2. The zero-order chi connectivity index (χ0) is 13.5. The molecule has 0 aliphatic heterocycles. The highest BCUT2D eigenvalue weighted by Crippen LogP contribution is 2.30. The van der Waals surface area contributed by atoms with Gasteiger partial charge in [-0.1, -0.05) is 42.5 Å². The Kier molecular flexibility index (Phi) is 2.36. The zero-order valence-corrected chi connectivity index (χ0v) is 10.7. The first-order chi connectivity index (χ1) is 9.81. The van der Waals surface area contributed by atoms with Crippen LogP contribution < -0.4 is 0 Å². The van der Waals surface area contributed by atoms with E-state index < -0.39 is 0 Å². The highest BCUT2D eigenvalue weighted by Gasteiger charge is 2.07. The Morgan fingerprint density at radius 1 is 0.750 bits per heavy atom. The summed E-state index contributed by atoms with van der Waals surface area (Å²) in [6.07, 6.45) is 0. The lowest BCUT2D eigenvalue weighted by Gasteiger charge is -2.04. The molecule has 1 heterocycles. The standard InChI is InChI=1S/C18H12FN/c19-14-9-8-13-10-18(20-17(13)11-14)16-7-3-5-12-4-1-2-6-15(12)16/h1-11,20H. The number of nitrogens with one attached hydrogen (secondary N) is 1. The molecule has 20 heavy (non-hydrogen) atoms. The molecular formula is C18H12FN. The Bertz CT molecular complexity index is 916. The number of H-pyrrole nitrogens is 1. The largest absolute Gasteiger partial charge is 0.354 e. The molecule has 0 aliphatic rings. The predicted octanol–water partition coefficient (Wildman–Crippen LogP) is 5.13. The van der Waals surface area contributed by atoms with E-state index in [-0.39, 0.29) is 5.82 Å². The Balaban J connectivity index is 2.01. The molecule has 0 atom stereocenters. The van der Waals surface area contributed by atoms with E-state index in [4.69, 9.17) is 0 Å². The smallest absolute Gasteiger partial charge is 0.125 e. The lowest BCUT2D eigenvalue weighted by molar-refractivity contribution is 0.629. The van der Waals surface area contributed by atoms with Crippen molar-refractivity contribution in [3.63, 3.8) is 0 Å². The highest BCUT2D eigenvalue weighted by molar-refractivity contribution is 5.98. The van der Waals surface area contributed by atoms with Gasteiger partial charge >= 0.3 is 0 Å². The van der Waals surface area contributed by atoms with Gasteiger partial charge in [-0.3, -0.25) is 0 Å². The van der Waals surface area contributed by atoms with Crippen molar-refractivity contribution in [1.29, 1.82) is 0 Å². The van der Waals surface area contributed by atoms with Crippen LogP contribution in [0, 0.1) is 5.82 Å². The summed E-state index contributed by atoms with van der Waals surface area (Å²) in [4.78, 5) is 3.30. The van der Waals surface area contributed by atoms with Crippen molar-refractivity contribution in [2.75, 3.05) is 0 Å². The maximum absolute atomic E-state index is 13.3. The van der Waals surface area contributed by atoms with Gasteiger partial charge in [0, 0.05) is 22.2 Å². The van der Waals surface area contributed by atoms with Gasteiger partial charge in [0.2, 0.25) is 0 Å². The van der Waals surface area contributed by atoms with Crippen LogP contribution in [0.15, 0.2) is 66.7 Å². The molecule has 1 N–H and O–H groups in total. The fourth-order valence-electron chi connectivity index (χ4n) is 2.70. The van der Waals surface area contributed by atoms with E-state index in [1.807, 2.05) is 18.2 Å². The van der Waals surface area contributed by atoms with Gasteiger partial charge in [0.1, 0.15) is 5.82 Å². The van der Waals surface area contributed by atoms with Crippen LogP contribution >= 0.6 is 0 Å². The van der Waals surface area contributed by atoms with Crippen molar-refractivity contribution >= 4 is 21.7 Å². The first-order valence-corrected chi connectivity index (χ1v) is 6.58. The lowest BCUT2D eigenvalue weighted by atomic mass is 10.0. The number of benzene rings is 3. The highest BCUT2D eigenvalue weighted by atomic mass is 19.1. The summed E-state index contributed by atoms with van der Waals surface area (Å²) in [7, 11) is 0. The molecule has 0 saturated carbocycles. The minimum absolute atomic E-state index is 0.219. The van der Waals surface area contributed by atoms with Crippen molar-refractivity contribution < 1.29 is 4.39 Å². The van der Waals surface area contributed by atoms with Crippen molar-refractivity contribution in [2.45, 2.75) is 0 Å². The molecule has 0 radical (unpaired) electrons. The van der Waals surface area contributed by atoms with Gasteiger partial charge in [0.25, 0.3) is 0 Å². The quantitative estimate of drug-likeness (QED) is 0.489. The number of hydrogen-bond donors (Lipinski definition) is 1. The van der Waals surface area contributed by atoms with Crippen molar-refractivity contribution in [3.05, 3.63) is 72.5 Å². The van der Waals surface area contributed by atoms with Gasteiger partial charge in [-0.25, -0.2) is 4.39 Å². The van der Waals surface area contributed by atoms with Gasteiger partial charge in [0.05, 0.1) is 0 Å². The number of fused-ring (bicyclic) bond motifs is 2. The molecule has 0 saturated heterocycles. The fraction of sp³-hybridized carbons (Fsp3) is 0. The fourth-order valence-corrected chi connectivity index (χ4v) is 2.70. The van der Waals surface area contributed by atoms with E-state index in [2.05, 4.69) is 35.3 Å². The minimum atomic E-state index is -0.219. The maximum Gasteiger partial charge on any atom is 0.125 e. The summed E-state index contributed by atoms with van der Waals surface area (Å²) in [5.74, 6) is -0.219. The molecule has 1 nitrogen and oxygen atoms in total. The van der Waals surface area contributed by atoms with Crippen LogP contribution in [0.2, 0.25) is 0 Å². The van der Waals surface area contributed by atoms with Crippen LogP contribution in [-0.4, -0.2) is 4.98 Å². The molecule has 0 unspecified atom stereocenters. The third-order valence-electron chi connectivity index (χ3n) is 3.66. The molecule has 0 fully saturated rings. The molecule has 0 spiro atoms. The Morgan fingerprint density at radius 2 is 1.60 bits per heavy atom. The summed E-state index contributed by atoms with van der Waals surface area (Å²) < 4.78 is 13.3. The monoisotopic (exact) mass is 261 g/mol. The van der Waals surface area contributed by atoms with Gasteiger partial charge < -0.3 is 4.98 Å². The number of hydrogen-bond acceptors (Lipinski definition) is 0. The molecule has 0 aliphatic carbocycles. The van der Waals surface area contributed by atoms with Gasteiger partial charge in [-0.15, -0.1) is 0 Å². The topological polar surface area (TPSA) is 15.8 Å². The summed E-state index contributed by atoms with van der Waals surface area (Å²) in [5.41, 5.74) is 2.98. The van der Waals surface area contributed by atoms with Crippen LogP contribution in [0.5, 0.6) is 0 Å². The molecule has 0 bridgehead atoms. The second kappa shape index (κ2) is 4.20. The van der Waals surface area contributed by atoms with Gasteiger partial charge in [0.15, 0.2) is 0 Å². The van der Waals surface area contributed by atoms with Crippen LogP contribution in [-0.2, 0) is 0 Å². The van der Waals surface area contributed by atoms with E-state index in [1.165, 1.54) is 22.9 Å². The van der Waals surface area contributed by atoms with Crippen LogP contribution in [0.25, 0.3) is 32.9 Å². The second-order valence-electron chi connectivity index (χ2n) is 4.94. The van der Waals surface area contributed by atoms with Gasteiger partial charge in [-0.2, -0.15) is 0 Å². The van der Waals surface area contributed by atoms with Crippen LogP contribution in [0.1, 0.15) is 0 Å². The van der Waals surface area contributed by atoms with E-state index in [9.17, 15) is 4.39 Å². The molecule has 0 amide bonds. The molecule has 96 valence electrons. The summed E-state index contributed by atoms with van der Waals surface area (Å²) in [6, 6.07) is 21.4. The Labute approximate surface area is 115 Å². The average molecular weight is 261 g/mol. The summed E-state index contributed by atoms with van der Waals surface area (Å²) in [6.45, 7) is 0. The third kappa shape index (κ3) is 1.69. The molecule has 2 heteroatoms. The van der Waals surface area contributed by atoms with Crippen LogP contribution in [0.4, 0.5) is 4.39 Å².